The Balaban J connectivity index is 3.58. The molecule has 0 atom stereocenters. The third-order valence-electron chi connectivity index (χ3n) is 4.35. The van der Waals surface area contributed by atoms with Crippen molar-refractivity contribution in [3.05, 3.63) is 0 Å². The first-order valence-electron chi connectivity index (χ1n) is 8.50. The highest BCUT2D eigenvalue weighted by Gasteiger charge is 2.36. The standard InChI is InChI=1S/C17H36O3Si/c1-7-8-9-10-11-12-13-16(18)19-14-15-20-21(5,6)17(2,3)4/h7-15H2,1-6H3. The van der Waals surface area contributed by atoms with Crippen molar-refractivity contribution in [3.8, 4) is 0 Å². The van der Waals surface area contributed by atoms with Crippen molar-refractivity contribution >= 4 is 14.3 Å². The van der Waals surface area contributed by atoms with E-state index in [1.54, 1.807) is 0 Å². The number of unbranched alkanes of at least 4 members (excludes halogenated alkanes) is 5. The topological polar surface area (TPSA) is 35.5 Å². The predicted octanol–water partition coefficient (Wildman–Crippen LogP) is 5.30. The maximum atomic E-state index is 11.6. The Hall–Kier alpha value is -0.353. The van der Waals surface area contributed by atoms with Gasteiger partial charge in [-0.15, -0.1) is 0 Å². The molecule has 0 saturated carbocycles. The summed E-state index contributed by atoms with van der Waals surface area (Å²) < 4.78 is 11.2. The van der Waals surface area contributed by atoms with E-state index in [9.17, 15) is 4.79 Å². The van der Waals surface area contributed by atoms with E-state index >= 15 is 0 Å². The van der Waals surface area contributed by atoms with Crippen LogP contribution in [0.3, 0.4) is 0 Å². The van der Waals surface area contributed by atoms with E-state index in [-0.39, 0.29) is 11.0 Å². The van der Waals surface area contributed by atoms with E-state index in [0.29, 0.717) is 19.6 Å². The Morgan fingerprint density at radius 3 is 2.10 bits per heavy atom. The number of esters is 1. The van der Waals surface area contributed by atoms with Crippen LogP contribution in [0, 0.1) is 0 Å². The van der Waals surface area contributed by atoms with Gasteiger partial charge in [0, 0.05) is 6.42 Å². The van der Waals surface area contributed by atoms with Crippen LogP contribution in [0.25, 0.3) is 0 Å². The molecule has 0 heterocycles. The highest BCUT2D eigenvalue weighted by molar-refractivity contribution is 6.74. The summed E-state index contributed by atoms with van der Waals surface area (Å²) in [6.07, 6.45) is 7.71. The molecule has 0 aromatic heterocycles. The van der Waals surface area contributed by atoms with Crippen molar-refractivity contribution < 1.29 is 14.0 Å². The minimum atomic E-state index is -1.71. The molecule has 0 rings (SSSR count). The van der Waals surface area contributed by atoms with Gasteiger partial charge in [-0.2, -0.15) is 0 Å². The van der Waals surface area contributed by atoms with Gasteiger partial charge in [0.2, 0.25) is 0 Å². The van der Waals surface area contributed by atoms with Crippen molar-refractivity contribution in [3.63, 3.8) is 0 Å². The van der Waals surface area contributed by atoms with E-state index < -0.39 is 8.32 Å². The van der Waals surface area contributed by atoms with Crippen LogP contribution in [0.15, 0.2) is 0 Å². The molecule has 4 heteroatoms. The molecule has 126 valence electrons. The van der Waals surface area contributed by atoms with Gasteiger partial charge < -0.3 is 9.16 Å². The first kappa shape index (κ1) is 20.6. The molecule has 0 aromatic carbocycles. The van der Waals surface area contributed by atoms with E-state index in [1.165, 1.54) is 25.7 Å². The molecular formula is C17H36O3Si. The number of hydrogen-bond acceptors (Lipinski definition) is 3. The molecule has 0 N–H and O–H groups in total. The minimum Gasteiger partial charge on any atom is -0.463 e. The highest BCUT2D eigenvalue weighted by Crippen LogP contribution is 2.36. The largest absolute Gasteiger partial charge is 0.463 e. The van der Waals surface area contributed by atoms with Crippen molar-refractivity contribution in [2.24, 2.45) is 0 Å². The van der Waals surface area contributed by atoms with Crippen LogP contribution in [0.1, 0.15) is 72.6 Å². The SMILES string of the molecule is CCCCCCCCC(=O)OCCO[Si](C)(C)C(C)(C)C. The summed E-state index contributed by atoms with van der Waals surface area (Å²) in [5, 5.41) is 0.204. The Morgan fingerprint density at radius 2 is 1.52 bits per heavy atom. The fraction of sp³-hybridized carbons (Fsp3) is 0.941. The molecule has 0 saturated heterocycles. The smallest absolute Gasteiger partial charge is 0.305 e. The molecule has 0 fully saturated rings. The molecule has 0 unspecified atom stereocenters. The van der Waals surface area contributed by atoms with E-state index in [2.05, 4.69) is 40.8 Å². The Kier molecular flexibility index (Phi) is 10.2. The quantitative estimate of drug-likeness (QED) is 0.295. The lowest BCUT2D eigenvalue weighted by atomic mass is 10.1. The minimum absolute atomic E-state index is 0.0793. The maximum Gasteiger partial charge on any atom is 0.305 e. The van der Waals surface area contributed by atoms with Gasteiger partial charge in [0.25, 0.3) is 0 Å². The molecule has 21 heavy (non-hydrogen) atoms. The number of carbonyl (C=O) groups is 1. The molecule has 3 nitrogen and oxygen atoms in total. The number of rotatable bonds is 11. The number of carbonyl (C=O) groups excluding carboxylic acids is 1. The second-order valence-electron chi connectivity index (χ2n) is 7.35. The fourth-order valence-electron chi connectivity index (χ4n) is 1.79. The summed E-state index contributed by atoms with van der Waals surface area (Å²) in [5.41, 5.74) is 0. The number of ether oxygens (including phenoxy) is 1. The Bertz CT molecular complexity index is 282. The molecule has 0 aromatic rings. The number of hydrogen-bond donors (Lipinski definition) is 0. The third-order valence-corrected chi connectivity index (χ3v) is 8.89. The zero-order valence-corrected chi connectivity index (χ0v) is 16.1. The van der Waals surface area contributed by atoms with Gasteiger partial charge in [0.1, 0.15) is 6.61 Å². The monoisotopic (exact) mass is 316 g/mol. The molecule has 0 radical (unpaired) electrons. The lowest BCUT2D eigenvalue weighted by Crippen LogP contribution is -2.41. The molecular weight excluding hydrogens is 280 g/mol. The van der Waals surface area contributed by atoms with Crippen molar-refractivity contribution in [1.82, 2.24) is 0 Å². The lowest BCUT2D eigenvalue weighted by Gasteiger charge is -2.36. The van der Waals surface area contributed by atoms with Crippen molar-refractivity contribution in [2.75, 3.05) is 13.2 Å². The van der Waals surface area contributed by atoms with Gasteiger partial charge >= 0.3 is 5.97 Å². The highest BCUT2D eigenvalue weighted by atomic mass is 28.4. The van der Waals surface area contributed by atoms with Gasteiger partial charge in [-0.1, -0.05) is 59.8 Å². The Labute approximate surface area is 132 Å². The Morgan fingerprint density at radius 1 is 0.952 bits per heavy atom. The van der Waals surface area contributed by atoms with Crippen molar-refractivity contribution in [1.29, 1.82) is 0 Å². The molecule has 0 aliphatic heterocycles. The summed E-state index contributed by atoms with van der Waals surface area (Å²) in [6, 6.07) is 0. The molecule has 0 spiro atoms. The lowest BCUT2D eigenvalue weighted by molar-refractivity contribution is -0.144. The van der Waals surface area contributed by atoms with Gasteiger partial charge in [0.05, 0.1) is 6.61 Å². The van der Waals surface area contributed by atoms with Crippen LogP contribution in [0.4, 0.5) is 0 Å². The molecule has 0 aliphatic rings. The summed E-state index contributed by atoms with van der Waals surface area (Å²) in [4.78, 5) is 11.6. The van der Waals surface area contributed by atoms with Gasteiger partial charge in [0.15, 0.2) is 8.32 Å². The molecule has 0 amide bonds. The summed E-state index contributed by atoms with van der Waals surface area (Å²) in [5.74, 6) is -0.0793. The fourth-order valence-corrected chi connectivity index (χ4v) is 2.82. The van der Waals surface area contributed by atoms with Crippen LogP contribution in [-0.4, -0.2) is 27.5 Å². The average Bonchev–Trinajstić information content (AvgIpc) is 2.37. The normalized spacial score (nSPS) is 12.5. The second-order valence-corrected chi connectivity index (χ2v) is 12.2. The maximum absolute atomic E-state index is 11.6. The second kappa shape index (κ2) is 10.4. The first-order valence-corrected chi connectivity index (χ1v) is 11.4. The zero-order chi connectivity index (χ0) is 16.4. The van der Waals surface area contributed by atoms with Crippen molar-refractivity contribution in [2.45, 2.75) is 90.8 Å². The average molecular weight is 317 g/mol. The van der Waals surface area contributed by atoms with E-state index in [1.807, 2.05) is 0 Å². The van der Waals surface area contributed by atoms with Crippen LogP contribution < -0.4 is 0 Å². The van der Waals surface area contributed by atoms with E-state index in [4.69, 9.17) is 9.16 Å². The van der Waals surface area contributed by atoms with E-state index in [0.717, 1.165) is 12.8 Å². The third kappa shape index (κ3) is 10.1. The zero-order valence-electron chi connectivity index (χ0n) is 15.1. The molecule has 0 aliphatic carbocycles. The van der Waals surface area contributed by atoms with Crippen LogP contribution in [-0.2, 0) is 14.0 Å². The predicted molar refractivity (Wildman–Crippen MR) is 92.1 cm³/mol. The summed E-state index contributed by atoms with van der Waals surface area (Å²) >= 11 is 0. The van der Waals surface area contributed by atoms with Gasteiger partial charge in [-0.25, -0.2) is 0 Å². The summed E-state index contributed by atoms with van der Waals surface area (Å²) in [7, 11) is -1.71. The van der Waals surface area contributed by atoms with Crippen LogP contribution in [0.2, 0.25) is 18.1 Å². The van der Waals surface area contributed by atoms with Crippen LogP contribution in [0.5, 0.6) is 0 Å². The van der Waals surface area contributed by atoms with Crippen LogP contribution >= 0.6 is 0 Å². The van der Waals surface area contributed by atoms with Gasteiger partial charge in [-0.3, -0.25) is 4.79 Å². The van der Waals surface area contributed by atoms with Gasteiger partial charge in [-0.05, 0) is 24.6 Å². The molecule has 0 bridgehead atoms. The summed E-state index contributed by atoms with van der Waals surface area (Å²) in [6.45, 7) is 14.2. The first-order chi connectivity index (χ1) is 9.70.